The Morgan fingerprint density at radius 2 is 1.69 bits per heavy atom. The number of nitrogens with one attached hydrogen (secondary N) is 2. The quantitative estimate of drug-likeness (QED) is 0.183. The maximum Gasteiger partial charge on any atom is 0.254 e. The number of primary sulfonamides is 1. The van der Waals surface area contributed by atoms with E-state index in [1.54, 1.807) is 23.1 Å². The molecule has 2 heterocycles. The number of carbonyl (C=O) groups is 2. The highest BCUT2D eigenvalue weighted by atomic mass is 32.2. The molecule has 4 rings (SSSR count). The van der Waals surface area contributed by atoms with Crippen molar-refractivity contribution < 1.29 is 36.3 Å². The number of benzene rings is 2. The predicted molar refractivity (Wildman–Crippen MR) is 159 cm³/mol. The summed E-state index contributed by atoms with van der Waals surface area (Å²) >= 11 is 1.05. The first-order chi connectivity index (χ1) is 20.0. The molecule has 1 aliphatic rings. The molecule has 0 radical (unpaired) electrons. The number of nitrogens with two attached hydrogens (primary N) is 1. The van der Waals surface area contributed by atoms with Crippen LogP contribution in [0, 0.1) is 0 Å². The minimum absolute atomic E-state index is 0.00291. The van der Waals surface area contributed by atoms with Crippen LogP contribution >= 0.6 is 11.3 Å². The fourth-order valence-corrected chi connectivity index (χ4v) is 7.76. The lowest BCUT2D eigenvalue weighted by Gasteiger charge is -2.26. The molecular formula is C26H33N5O8S3. The number of hydrogen-bond donors (Lipinski definition) is 4. The third kappa shape index (κ3) is 8.31. The molecule has 228 valence electrons. The van der Waals surface area contributed by atoms with Gasteiger partial charge in [0.1, 0.15) is 5.01 Å². The number of morpholine rings is 1. The standard InChI is InChI=1S/C26H33N5O8S3/c27-42(37,38)16-9-29-24(33)23(41(35,36)15-8-28-7-12-32)25-30-21-6-5-20(17-22(21)40-25)18-1-3-19(4-2-18)26(34)31-10-13-39-14-11-31/h1-6,17,23,28,32H,7-16H2,(H,29,33)(H2,27,37,38). The maximum atomic E-state index is 13.3. The monoisotopic (exact) mass is 639 g/mol. The van der Waals surface area contributed by atoms with Gasteiger partial charge in [-0.15, -0.1) is 11.3 Å². The molecule has 1 fully saturated rings. The molecular weight excluding hydrogens is 607 g/mol. The molecule has 1 atom stereocenters. The van der Waals surface area contributed by atoms with Crippen LogP contribution in [0.4, 0.5) is 0 Å². The molecule has 0 bridgehead atoms. The van der Waals surface area contributed by atoms with Gasteiger partial charge in [0, 0.05) is 38.3 Å². The molecule has 0 aliphatic carbocycles. The van der Waals surface area contributed by atoms with Crippen LogP contribution in [-0.4, -0.2) is 108 Å². The van der Waals surface area contributed by atoms with Crippen molar-refractivity contribution in [1.82, 2.24) is 20.5 Å². The minimum atomic E-state index is -4.09. The fourth-order valence-electron chi connectivity index (χ4n) is 4.36. The second kappa shape index (κ2) is 14.0. The minimum Gasteiger partial charge on any atom is -0.395 e. The zero-order valence-corrected chi connectivity index (χ0v) is 25.1. The van der Waals surface area contributed by atoms with Gasteiger partial charge in [0.2, 0.25) is 15.9 Å². The van der Waals surface area contributed by atoms with E-state index in [0.29, 0.717) is 42.1 Å². The van der Waals surface area contributed by atoms with Crippen LogP contribution in [0.2, 0.25) is 0 Å². The van der Waals surface area contributed by atoms with Gasteiger partial charge in [-0.3, -0.25) is 9.59 Å². The number of carbonyl (C=O) groups excluding carboxylic acids is 2. The molecule has 13 nitrogen and oxygen atoms in total. The Hall–Kier alpha value is -2.99. The van der Waals surface area contributed by atoms with Gasteiger partial charge in [0.05, 0.1) is 41.5 Å². The van der Waals surface area contributed by atoms with Crippen LogP contribution < -0.4 is 15.8 Å². The van der Waals surface area contributed by atoms with Gasteiger partial charge in [0.15, 0.2) is 15.1 Å². The highest BCUT2D eigenvalue weighted by Gasteiger charge is 2.36. The number of aliphatic hydroxyl groups is 1. The summed E-state index contributed by atoms with van der Waals surface area (Å²) in [5.41, 5.74) is 2.71. The number of thiazole rings is 1. The highest BCUT2D eigenvalue weighted by molar-refractivity contribution is 7.92. The maximum absolute atomic E-state index is 13.3. The summed E-state index contributed by atoms with van der Waals surface area (Å²) in [6.45, 7) is 1.78. The van der Waals surface area contributed by atoms with E-state index in [1.807, 2.05) is 24.3 Å². The largest absolute Gasteiger partial charge is 0.395 e. The van der Waals surface area contributed by atoms with Gasteiger partial charge in [-0.05, 0) is 35.4 Å². The Morgan fingerprint density at radius 3 is 2.36 bits per heavy atom. The van der Waals surface area contributed by atoms with Crippen molar-refractivity contribution in [3.8, 4) is 11.1 Å². The first-order valence-electron chi connectivity index (χ1n) is 13.2. The summed E-state index contributed by atoms with van der Waals surface area (Å²) in [5, 5.41) is 17.5. The van der Waals surface area contributed by atoms with E-state index in [9.17, 15) is 26.4 Å². The molecule has 0 saturated carbocycles. The molecule has 1 aliphatic heterocycles. The van der Waals surface area contributed by atoms with E-state index in [0.717, 1.165) is 22.5 Å². The Bertz CT molecular complexity index is 1620. The van der Waals surface area contributed by atoms with Crippen molar-refractivity contribution >= 4 is 53.2 Å². The Balaban J connectivity index is 1.58. The van der Waals surface area contributed by atoms with E-state index in [4.69, 9.17) is 15.0 Å². The number of aromatic nitrogens is 1. The predicted octanol–water partition coefficient (Wildman–Crippen LogP) is -0.122. The number of amides is 2. The molecule has 42 heavy (non-hydrogen) atoms. The number of sulfonamides is 1. The molecule has 1 aromatic heterocycles. The van der Waals surface area contributed by atoms with Crippen molar-refractivity contribution in [3.63, 3.8) is 0 Å². The van der Waals surface area contributed by atoms with Crippen LogP contribution in [0.3, 0.4) is 0 Å². The lowest BCUT2D eigenvalue weighted by Crippen LogP contribution is -2.40. The normalized spacial score (nSPS) is 15.0. The van der Waals surface area contributed by atoms with Gasteiger partial charge in [-0.1, -0.05) is 18.2 Å². The van der Waals surface area contributed by atoms with Crippen molar-refractivity contribution in [2.45, 2.75) is 5.25 Å². The van der Waals surface area contributed by atoms with E-state index < -0.39 is 42.5 Å². The van der Waals surface area contributed by atoms with Gasteiger partial charge in [0.25, 0.3) is 5.91 Å². The number of hydrogen-bond acceptors (Lipinski definition) is 11. The highest BCUT2D eigenvalue weighted by Crippen LogP contribution is 2.34. The van der Waals surface area contributed by atoms with Crippen LogP contribution in [0.5, 0.6) is 0 Å². The lowest BCUT2D eigenvalue weighted by molar-refractivity contribution is -0.120. The number of aliphatic hydroxyl groups excluding tert-OH is 1. The lowest BCUT2D eigenvalue weighted by atomic mass is 10.0. The number of nitrogens with zero attached hydrogens (tertiary/aromatic N) is 2. The number of ether oxygens (including phenoxy) is 1. The van der Waals surface area contributed by atoms with Gasteiger partial charge in [-0.2, -0.15) is 0 Å². The average Bonchev–Trinajstić information content (AvgIpc) is 3.37. The van der Waals surface area contributed by atoms with E-state index >= 15 is 0 Å². The van der Waals surface area contributed by atoms with Crippen molar-refractivity contribution in [2.24, 2.45) is 5.14 Å². The second-order valence-corrected chi connectivity index (χ2v) is 14.6. The van der Waals surface area contributed by atoms with Crippen LogP contribution in [0.1, 0.15) is 20.6 Å². The molecule has 0 spiro atoms. The van der Waals surface area contributed by atoms with Crippen molar-refractivity contribution in [1.29, 1.82) is 0 Å². The topological polar surface area (TPSA) is 198 Å². The first kappa shape index (κ1) is 31.9. The molecule has 1 unspecified atom stereocenters. The Labute approximate surface area is 248 Å². The van der Waals surface area contributed by atoms with E-state index in [2.05, 4.69) is 15.6 Å². The molecule has 2 amide bonds. The summed E-state index contributed by atoms with van der Waals surface area (Å²) < 4.78 is 55.1. The average molecular weight is 640 g/mol. The van der Waals surface area contributed by atoms with Gasteiger partial charge in [-0.25, -0.2) is 27.0 Å². The van der Waals surface area contributed by atoms with Crippen molar-refractivity contribution in [3.05, 3.63) is 53.0 Å². The van der Waals surface area contributed by atoms with Crippen LogP contribution in [-0.2, 0) is 29.4 Å². The van der Waals surface area contributed by atoms with Crippen LogP contribution in [0.15, 0.2) is 42.5 Å². The molecule has 3 aromatic rings. The van der Waals surface area contributed by atoms with Gasteiger partial charge >= 0.3 is 0 Å². The molecule has 16 heteroatoms. The summed E-state index contributed by atoms with van der Waals surface area (Å²) in [5.74, 6) is -1.92. The first-order valence-corrected chi connectivity index (χ1v) is 17.4. The number of fused-ring (bicyclic) bond motifs is 1. The molecule has 5 N–H and O–H groups in total. The zero-order valence-electron chi connectivity index (χ0n) is 22.7. The third-order valence-electron chi connectivity index (χ3n) is 6.53. The molecule has 1 saturated heterocycles. The van der Waals surface area contributed by atoms with Crippen LogP contribution in [0.25, 0.3) is 21.3 Å². The Morgan fingerprint density at radius 1 is 1.00 bits per heavy atom. The zero-order chi connectivity index (χ0) is 30.3. The Kier molecular flexibility index (Phi) is 10.6. The number of rotatable bonds is 13. The van der Waals surface area contributed by atoms with Gasteiger partial charge < -0.3 is 25.4 Å². The SMILES string of the molecule is NS(=O)(=O)CCNC(=O)C(c1nc2ccc(-c3ccc(C(=O)N4CCOCC4)cc3)cc2s1)S(=O)(=O)CCNCCO. The smallest absolute Gasteiger partial charge is 0.254 e. The second-order valence-electron chi connectivity index (χ2n) is 9.60. The number of sulfone groups is 1. The summed E-state index contributed by atoms with van der Waals surface area (Å²) in [7, 11) is -7.95. The van der Waals surface area contributed by atoms with E-state index in [1.165, 1.54) is 0 Å². The third-order valence-corrected chi connectivity index (χ3v) is 10.5. The van der Waals surface area contributed by atoms with E-state index in [-0.39, 0.29) is 37.2 Å². The summed E-state index contributed by atoms with van der Waals surface area (Å²) in [4.78, 5) is 32.0. The summed E-state index contributed by atoms with van der Waals surface area (Å²) in [6, 6.07) is 12.6. The molecule has 2 aromatic carbocycles. The summed E-state index contributed by atoms with van der Waals surface area (Å²) in [6.07, 6.45) is 0. The van der Waals surface area contributed by atoms with Crippen molar-refractivity contribution in [2.75, 3.05) is 64.1 Å². The fraction of sp³-hybridized carbons (Fsp3) is 0.423.